The summed E-state index contributed by atoms with van der Waals surface area (Å²) in [7, 11) is 0. The summed E-state index contributed by atoms with van der Waals surface area (Å²) in [4.78, 5) is 17.0. The van der Waals surface area contributed by atoms with Crippen LogP contribution in [0.2, 0.25) is 0 Å². The molecule has 0 bridgehead atoms. The van der Waals surface area contributed by atoms with E-state index in [0.717, 1.165) is 38.0 Å². The van der Waals surface area contributed by atoms with Gasteiger partial charge in [0, 0.05) is 31.7 Å². The van der Waals surface area contributed by atoms with Gasteiger partial charge >= 0.3 is 0 Å². The normalized spacial score (nSPS) is 16.6. The molecule has 1 fully saturated rings. The molecule has 4 rings (SSSR count). The van der Waals surface area contributed by atoms with Crippen LogP contribution < -0.4 is 9.47 Å². The summed E-state index contributed by atoms with van der Waals surface area (Å²) in [5.74, 6) is 1.18. The number of ether oxygens (including phenoxy) is 2. The maximum absolute atomic E-state index is 13.2. The Bertz CT molecular complexity index is 819. The van der Waals surface area contributed by atoms with E-state index in [1.807, 2.05) is 11.0 Å². The maximum Gasteiger partial charge on any atom is 0.254 e. The van der Waals surface area contributed by atoms with Crippen LogP contribution in [0.15, 0.2) is 42.5 Å². The second-order valence-electron chi connectivity index (χ2n) is 6.94. The highest BCUT2D eigenvalue weighted by atomic mass is 19.1. The van der Waals surface area contributed by atoms with Crippen LogP contribution in [0.5, 0.6) is 11.5 Å². The minimum Gasteiger partial charge on any atom is -0.454 e. The van der Waals surface area contributed by atoms with Crippen LogP contribution in [-0.4, -0.2) is 55.2 Å². The van der Waals surface area contributed by atoms with E-state index in [4.69, 9.17) is 9.47 Å². The number of nitrogens with zero attached hydrogens (tertiary/aromatic N) is 2. The first kappa shape index (κ1) is 17.8. The number of amides is 1. The number of carbonyl (C=O) groups is 1. The first-order chi connectivity index (χ1) is 13.2. The Morgan fingerprint density at radius 2 is 1.81 bits per heavy atom. The molecule has 0 unspecified atom stereocenters. The zero-order valence-electron chi connectivity index (χ0n) is 15.2. The van der Waals surface area contributed by atoms with Crippen molar-refractivity contribution in [1.29, 1.82) is 0 Å². The van der Waals surface area contributed by atoms with Gasteiger partial charge in [-0.05, 0) is 55.3 Å². The maximum atomic E-state index is 13.2. The molecule has 0 aromatic heterocycles. The van der Waals surface area contributed by atoms with Crippen molar-refractivity contribution in [3.63, 3.8) is 0 Å². The van der Waals surface area contributed by atoms with Gasteiger partial charge in [0.25, 0.3) is 5.91 Å². The number of hydrogen-bond donors (Lipinski definition) is 0. The van der Waals surface area contributed by atoms with E-state index in [1.165, 1.54) is 6.07 Å². The van der Waals surface area contributed by atoms with E-state index in [2.05, 4.69) is 4.90 Å². The molecule has 0 aliphatic carbocycles. The third kappa shape index (κ3) is 4.22. The third-order valence-corrected chi connectivity index (χ3v) is 5.11. The molecule has 0 spiro atoms. The van der Waals surface area contributed by atoms with Crippen molar-refractivity contribution in [1.82, 2.24) is 9.80 Å². The highest BCUT2D eigenvalue weighted by Gasteiger charge is 2.23. The van der Waals surface area contributed by atoms with Crippen molar-refractivity contribution in [3.05, 3.63) is 59.4 Å². The summed E-state index contributed by atoms with van der Waals surface area (Å²) in [6.45, 7) is 4.32. The largest absolute Gasteiger partial charge is 0.454 e. The number of aryl methyl sites for hydroxylation is 1. The van der Waals surface area contributed by atoms with E-state index in [0.29, 0.717) is 30.2 Å². The van der Waals surface area contributed by atoms with Gasteiger partial charge in [-0.25, -0.2) is 4.39 Å². The Kier molecular flexibility index (Phi) is 5.25. The van der Waals surface area contributed by atoms with Crippen molar-refractivity contribution >= 4 is 5.91 Å². The summed E-state index contributed by atoms with van der Waals surface area (Å²) in [5.41, 5.74) is 1.67. The van der Waals surface area contributed by atoms with Crippen molar-refractivity contribution in [2.24, 2.45) is 0 Å². The highest BCUT2D eigenvalue weighted by Crippen LogP contribution is 2.32. The Morgan fingerprint density at radius 3 is 2.63 bits per heavy atom. The van der Waals surface area contributed by atoms with E-state index < -0.39 is 0 Å². The monoisotopic (exact) mass is 370 g/mol. The van der Waals surface area contributed by atoms with Crippen LogP contribution >= 0.6 is 0 Å². The molecule has 0 atom stereocenters. The van der Waals surface area contributed by atoms with E-state index in [9.17, 15) is 9.18 Å². The third-order valence-electron chi connectivity index (χ3n) is 5.11. The molecule has 142 valence electrons. The smallest absolute Gasteiger partial charge is 0.254 e. The lowest BCUT2D eigenvalue weighted by molar-refractivity contribution is 0.0635. The summed E-state index contributed by atoms with van der Waals surface area (Å²) in [6.07, 6.45) is 1.85. The van der Waals surface area contributed by atoms with Crippen molar-refractivity contribution in [3.8, 4) is 11.5 Å². The van der Waals surface area contributed by atoms with Crippen LogP contribution in [-0.2, 0) is 6.42 Å². The minimum atomic E-state index is -0.178. The van der Waals surface area contributed by atoms with Crippen LogP contribution in [0.25, 0.3) is 0 Å². The Morgan fingerprint density at radius 1 is 1.00 bits per heavy atom. The first-order valence-electron chi connectivity index (χ1n) is 9.35. The van der Waals surface area contributed by atoms with Gasteiger partial charge in [0.05, 0.1) is 0 Å². The van der Waals surface area contributed by atoms with Crippen molar-refractivity contribution in [2.75, 3.05) is 39.5 Å². The summed E-state index contributed by atoms with van der Waals surface area (Å²) in [5, 5.41) is 0. The fourth-order valence-electron chi connectivity index (χ4n) is 3.59. The van der Waals surface area contributed by atoms with E-state index in [-0.39, 0.29) is 18.5 Å². The van der Waals surface area contributed by atoms with Crippen molar-refractivity contribution < 1.29 is 18.7 Å². The molecule has 0 saturated carbocycles. The second kappa shape index (κ2) is 7.96. The molecule has 2 heterocycles. The molecule has 1 amide bonds. The molecule has 2 aliphatic rings. The fourth-order valence-corrected chi connectivity index (χ4v) is 3.59. The summed E-state index contributed by atoms with van der Waals surface area (Å²) in [6, 6.07) is 12.1. The van der Waals surface area contributed by atoms with Crippen LogP contribution in [0, 0.1) is 5.82 Å². The molecule has 2 aromatic carbocycles. The topological polar surface area (TPSA) is 42.0 Å². The van der Waals surface area contributed by atoms with Crippen LogP contribution in [0.4, 0.5) is 4.39 Å². The standard InChI is InChI=1S/C21H23FN2O3/c22-18-5-1-3-16(13-18)4-2-8-23-9-11-24(12-10-23)21(25)17-6-7-19-20(14-17)27-15-26-19/h1,3,5-7,13-14H,2,4,8-12,15H2. The lowest BCUT2D eigenvalue weighted by Crippen LogP contribution is -2.48. The zero-order valence-corrected chi connectivity index (χ0v) is 15.2. The van der Waals surface area contributed by atoms with Gasteiger partial charge in [0.15, 0.2) is 11.5 Å². The number of hydrogen-bond acceptors (Lipinski definition) is 4. The van der Waals surface area contributed by atoms with Gasteiger partial charge in [-0.15, -0.1) is 0 Å². The number of fused-ring (bicyclic) bond motifs is 1. The molecular weight excluding hydrogens is 347 g/mol. The molecule has 27 heavy (non-hydrogen) atoms. The zero-order chi connectivity index (χ0) is 18.6. The van der Waals surface area contributed by atoms with Gasteiger partial charge in [0.2, 0.25) is 6.79 Å². The molecule has 0 radical (unpaired) electrons. The Balaban J connectivity index is 1.24. The molecule has 6 heteroatoms. The molecular formula is C21H23FN2O3. The second-order valence-corrected chi connectivity index (χ2v) is 6.94. The van der Waals surface area contributed by atoms with Crippen molar-refractivity contribution in [2.45, 2.75) is 12.8 Å². The van der Waals surface area contributed by atoms with Gasteiger partial charge in [-0.3, -0.25) is 9.69 Å². The number of piperazine rings is 1. The van der Waals surface area contributed by atoms with Crippen LogP contribution in [0.3, 0.4) is 0 Å². The summed E-state index contributed by atoms with van der Waals surface area (Å²) >= 11 is 0. The lowest BCUT2D eigenvalue weighted by Gasteiger charge is -2.34. The fraction of sp³-hybridized carbons (Fsp3) is 0.381. The Labute approximate surface area is 158 Å². The first-order valence-corrected chi connectivity index (χ1v) is 9.35. The Hall–Kier alpha value is -2.60. The average Bonchev–Trinajstić information content (AvgIpc) is 3.16. The predicted molar refractivity (Wildman–Crippen MR) is 99.6 cm³/mol. The SMILES string of the molecule is O=C(c1ccc2c(c1)OCO2)N1CCN(CCCc2cccc(F)c2)CC1. The van der Waals surface area contributed by atoms with Gasteiger partial charge in [0.1, 0.15) is 5.82 Å². The molecule has 2 aromatic rings. The quantitative estimate of drug-likeness (QED) is 0.812. The molecule has 0 N–H and O–H groups in total. The number of benzene rings is 2. The summed E-state index contributed by atoms with van der Waals surface area (Å²) < 4.78 is 23.9. The lowest BCUT2D eigenvalue weighted by atomic mass is 10.1. The van der Waals surface area contributed by atoms with Crippen LogP contribution in [0.1, 0.15) is 22.3 Å². The molecule has 2 aliphatic heterocycles. The van der Waals surface area contributed by atoms with Gasteiger partial charge in [-0.1, -0.05) is 12.1 Å². The molecule has 5 nitrogen and oxygen atoms in total. The van der Waals surface area contributed by atoms with Gasteiger partial charge < -0.3 is 14.4 Å². The molecule has 1 saturated heterocycles. The highest BCUT2D eigenvalue weighted by molar-refractivity contribution is 5.95. The minimum absolute atomic E-state index is 0.0349. The van der Waals surface area contributed by atoms with Gasteiger partial charge in [-0.2, -0.15) is 0 Å². The van der Waals surface area contributed by atoms with E-state index >= 15 is 0 Å². The predicted octanol–water partition coefficient (Wildman–Crippen LogP) is 2.95. The number of carbonyl (C=O) groups excluding carboxylic acids is 1. The average molecular weight is 370 g/mol. The number of rotatable bonds is 5. The number of halogens is 1. The van der Waals surface area contributed by atoms with E-state index in [1.54, 1.807) is 30.3 Å².